The number of benzene rings is 1. The second-order valence-electron chi connectivity index (χ2n) is 8.36. The number of hydrogen-bond donors (Lipinski definition) is 0. The smallest absolute Gasteiger partial charge is 0.254 e. The van der Waals surface area contributed by atoms with E-state index in [1.807, 2.05) is 11.1 Å². The van der Waals surface area contributed by atoms with E-state index in [1.165, 1.54) is 0 Å². The Morgan fingerprint density at radius 1 is 1.11 bits per heavy atom. The van der Waals surface area contributed by atoms with Gasteiger partial charge in [0.2, 0.25) is 12.7 Å². The SMILES string of the molecule is CC(C)(C)c1cnc(CN2CCCN(C(=O)c3ccc4c(c3)OCO4)CC2)o1. The highest BCUT2D eigenvalue weighted by atomic mass is 16.7. The van der Waals surface area contributed by atoms with Crippen LogP contribution in [0.5, 0.6) is 11.5 Å². The van der Waals surface area contributed by atoms with Crippen LogP contribution in [0.2, 0.25) is 0 Å². The molecule has 2 aliphatic rings. The fourth-order valence-electron chi connectivity index (χ4n) is 3.47. The van der Waals surface area contributed by atoms with Crippen LogP contribution in [0.25, 0.3) is 0 Å². The zero-order valence-electron chi connectivity index (χ0n) is 16.7. The predicted molar refractivity (Wildman–Crippen MR) is 104 cm³/mol. The van der Waals surface area contributed by atoms with Crippen molar-refractivity contribution in [2.45, 2.75) is 39.2 Å². The molecule has 0 N–H and O–H groups in total. The molecule has 28 heavy (non-hydrogen) atoms. The molecule has 3 heterocycles. The standard InChI is InChI=1S/C21H27N3O4/c1-21(2,3)18-12-22-19(28-18)13-23-7-4-8-24(10-9-23)20(25)15-5-6-16-17(11-15)27-14-26-16/h5-6,11-12H,4,7-10,13-14H2,1-3H3. The molecule has 7 heteroatoms. The molecular weight excluding hydrogens is 358 g/mol. The monoisotopic (exact) mass is 385 g/mol. The van der Waals surface area contributed by atoms with Gasteiger partial charge >= 0.3 is 0 Å². The molecule has 1 aromatic heterocycles. The molecule has 7 nitrogen and oxygen atoms in total. The summed E-state index contributed by atoms with van der Waals surface area (Å²) in [6.45, 7) is 10.4. The Balaban J connectivity index is 1.37. The minimum atomic E-state index is -0.0438. The molecule has 0 radical (unpaired) electrons. The molecule has 1 saturated heterocycles. The molecule has 4 rings (SSSR count). The molecular formula is C21H27N3O4. The van der Waals surface area contributed by atoms with E-state index in [4.69, 9.17) is 13.9 Å². The zero-order chi connectivity index (χ0) is 19.7. The van der Waals surface area contributed by atoms with Crippen molar-refractivity contribution < 1.29 is 18.7 Å². The van der Waals surface area contributed by atoms with Crippen LogP contribution in [0, 0.1) is 0 Å². The van der Waals surface area contributed by atoms with Crippen LogP contribution >= 0.6 is 0 Å². The molecule has 0 bridgehead atoms. The van der Waals surface area contributed by atoms with Crippen molar-refractivity contribution in [3.63, 3.8) is 0 Å². The van der Waals surface area contributed by atoms with Gasteiger partial charge in [0, 0.05) is 37.2 Å². The van der Waals surface area contributed by atoms with E-state index in [-0.39, 0.29) is 18.1 Å². The van der Waals surface area contributed by atoms with Crippen molar-refractivity contribution >= 4 is 5.91 Å². The topological polar surface area (TPSA) is 68.0 Å². The number of amides is 1. The maximum atomic E-state index is 12.9. The largest absolute Gasteiger partial charge is 0.454 e. The molecule has 0 spiro atoms. The van der Waals surface area contributed by atoms with Gasteiger partial charge in [-0.3, -0.25) is 9.69 Å². The van der Waals surface area contributed by atoms with Crippen LogP contribution in [0.15, 0.2) is 28.8 Å². The van der Waals surface area contributed by atoms with Gasteiger partial charge in [-0.15, -0.1) is 0 Å². The first-order chi connectivity index (χ1) is 13.4. The Morgan fingerprint density at radius 2 is 1.93 bits per heavy atom. The lowest BCUT2D eigenvalue weighted by molar-refractivity contribution is 0.0760. The summed E-state index contributed by atoms with van der Waals surface area (Å²) in [5, 5.41) is 0. The fraction of sp³-hybridized carbons (Fsp3) is 0.524. The summed E-state index contributed by atoms with van der Waals surface area (Å²) in [6.07, 6.45) is 2.74. The number of hydrogen-bond acceptors (Lipinski definition) is 6. The Bertz CT molecular complexity index is 856. The summed E-state index contributed by atoms with van der Waals surface area (Å²) in [5.74, 6) is 3.00. The molecule has 1 fully saturated rings. The van der Waals surface area contributed by atoms with E-state index >= 15 is 0 Å². The van der Waals surface area contributed by atoms with Gasteiger partial charge in [-0.25, -0.2) is 4.98 Å². The van der Waals surface area contributed by atoms with Gasteiger partial charge in [-0.2, -0.15) is 0 Å². The van der Waals surface area contributed by atoms with Gasteiger partial charge in [0.15, 0.2) is 11.5 Å². The molecule has 0 saturated carbocycles. The molecule has 0 aliphatic carbocycles. The first kappa shape index (κ1) is 18.8. The molecule has 1 amide bonds. The molecule has 0 atom stereocenters. The Labute approximate surface area is 165 Å². The molecule has 150 valence electrons. The average molecular weight is 385 g/mol. The maximum absolute atomic E-state index is 12.9. The van der Waals surface area contributed by atoms with Crippen molar-refractivity contribution in [1.82, 2.24) is 14.8 Å². The van der Waals surface area contributed by atoms with E-state index < -0.39 is 0 Å². The minimum absolute atomic E-state index is 0.0336. The van der Waals surface area contributed by atoms with E-state index in [9.17, 15) is 4.79 Å². The maximum Gasteiger partial charge on any atom is 0.254 e. The molecule has 2 aromatic rings. The zero-order valence-corrected chi connectivity index (χ0v) is 16.7. The number of ether oxygens (including phenoxy) is 2. The van der Waals surface area contributed by atoms with Crippen LogP contribution in [0.3, 0.4) is 0 Å². The first-order valence-electron chi connectivity index (χ1n) is 9.76. The molecule has 1 aromatic carbocycles. The lowest BCUT2D eigenvalue weighted by atomic mass is 9.94. The number of oxazole rings is 1. The number of nitrogens with zero attached hydrogens (tertiary/aromatic N) is 3. The van der Waals surface area contributed by atoms with E-state index in [0.29, 0.717) is 30.2 Å². The van der Waals surface area contributed by atoms with Gasteiger partial charge in [-0.1, -0.05) is 20.8 Å². The fourth-order valence-corrected chi connectivity index (χ4v) is 3.47. The van der Waals surface area contributed by atoms with Gasteiger partial charge in [0.05, 0.1) is 12.7 Å². The van der Waals surface area contributed by atoms with Crippen molar-refractivity contribution in [1.29, 1.82) is 0 Å². The molecule has 0 unspecified atom stereocenters. The van der Waals surface area contributed by atoms with E-state index in [0.717, 1.165) is 37.7 Å². The predicted octanol–water partition coefficient (Wildman–Crippen LogP) is 3.05. The van der Waals surface area contributed by atoms with Crippen LogP contribution in [0.1, 0.15) is 49.2 Å². The summed E-state index contributed by atoms with van der Waals surface area (Å²) in [7, 11) is 0. The summed E-state index contributed by atoms with van der Waals surface area (Å²) in [4.78, 5) is 21.5. The highest BCUT2D eigenvalue weighted by Gasteiger charge is 2.24. The number of rotatable bonds is 3. The second-order valence-corrected chi connectivity index (χ2v) is 8.36. The quantitative estimate of drug-likeness (QED) is 0.809. The number of carbonyl (C=O) groups is 1. The van der Waals surface area contributed by atoms with Gasteiger partial charge in [0.1, 0.15) is 5.76 Å². The third-order valence-electron chi connectivity index (χ3n) is 5.15. The second kappa shape index (κ2) is 7.47. The van der Waals surface area contributed by atoms with Crippen molar-refractivity contribution in [2.24, 2.45) is 0 Å². The Morgan fingerprint density at radius 3 is 2.71 bits per heavy atom. The summed E-state index contributed by atoms with van der Waals surface area (Å²) < 4.78 is 16.6. The number of carbonyl (C=O) groups excluding carboxylic acids is 1. The third kappa shape index (κ3) is 3.99. The number of aromatic nitrogens is 1. The van der Waals surface area contributed by atoms with Crippen LogP contribution < -0.4 is 9.47 Å². The van der Waals surface area contributed by atoms with E-state index in [1.54, 1.807) is 18.2 Å². The van der Waals surface area contributed by atoms with E-state index in [2.05, 4.69) is 30.7 Å². The summed E-state index contributed by atoms with van der Waals surface area (Å²) in [5.41, 5.74) is 0.595. The summed E-state index contributed by atoms with van der Waals surface area (Å²) >= 11 is 0. The van der Waals surface area contributed by atoms with Gasteiger partial charge in [0.25, 0.3) is 5.91 Å². The lowest BCUT2D eigenvalue weighted by Crippen LogP contribution is -2.35. The number of fused-ring (bicyclic) bond motifs is 1. The van der Waals surface area contributed by atoms with Crippen LogP contribution in [-0.2, 0) is 12.0 Å². The van der Waals surface area contributed by atoms with Crippen molar-refractivity contribution in [2.75, 3.05) is 33.0 Å². The average Bonchev–Trinajstić information content (AvgIpc) is 3.26. The van der Waals surface area contributed by atoms with Crippen molar-refractivity contribution in [3.05, 3.63) is 41.6 Å². The van der Waals surface area contributed by atoms with Crippen molar-refractivity contribution in [3.8, 4) is 11.5 Å². The van der Waals surface area contributed by atoms with Crippen LogP contribution in [-0.4, -0.2) is 53.7 Å². The van der Waals surface area contributed by atoms with Gasteiger partial charge in [-0.05, 0) is 24.6 Å². The minimum Gasteiger partial charge on any atom is -0.454 e. The highest BCUT2D eigenvalue weighted by Crippen LogP contribution is 2.33. The van der Waals surface area contributed by atoms with Gasteiger partial charge < -0.3 is 18.8 Å². The third-order valence-corrected chi connectivity index (χ3v) is 5.15. The Kier molecular flexibility index (Phi) is 5.02. The normalized spacial score (nSPS) is 17.6. The molecule has 2 aliphatic heterocycles. The summed E-state index contributed by atoms with van der Waals surface area (Å²) in [6, 6.07) is 5.38. The first-order valence-corrected chi connectivity index (χ1v) is 9.76. The Hall–Kier alpha value is -2.54. The van der Waals surface area contributed by atoms with Crippen LogP contribution in [0.4, 0.5) is 0 Å². The lowest BCUT2D eigenvalue weighted by Gasteiger charge is -2.21. The highest BCUT2D eigenvalue weighted by molar-refractivity contribution is 5.95.